The minimum atomic E-state index is -0.456. The van der Waals surface area contributed by atoms with Gasteiger partial charge >= 0.3 is 0 Å². The van der Waals surface area contributed by atoms with E-state index in [2.05, 4.69) is 10.5 Å². The highest BCUT2D eigenvalue weighted by Gasteiger charge is 2.23. The zero-order valence-electron chi connectivity index (χ0n) is 21.1. The molecule has 1 N–H and O–H groups in total. The number of thioether (sulfide) groups is 1. The smallest absolute Gasteiger partial charge is 0.272 e. The number of nitro groups is 1. The van der Waals surface area contributed by atoms with Crippen molar-refractivity contribution in [3.8, 4) is 5.69 Å². The van der Waals surface area contributed by atoms with Crippen LogP contribution in [0.25, 0.3) is 22.0 Å². The number of nitrogens with one attached hydrogen (secondary N) is 1. The molecule has 11 heteroatoms. The monoisotopic (exact) mass is 559 g/mol. The molecular weight excluding hydrogens is 534 g/mol. The van der Waals surface area contributed by atoms with Crippen molar-refractivity contribution in [2.75, 3.05) is 5.75 Å². The van der Waals surface area contributed by atoms with Crippen molar-refractivity contribution in [1.82, 2.24) is 15.0 Å². The molecule has 0 radical (unpaired) electrons. The number of thiophene rings is 1. The van der Waals surface area contributed by atoms with E-state index in [-0.39, 0.29) is 22.9 Å². The minimum Gasteiger partial charge on any atom is -0.272 e. The fraction of sp³-hybridized carbons (Fsp3) is 0.214. The number of fused-ring (bicyclic) bond motifs is 3. The lowest BCUT2D eigenvalue weighted by atomic mass is 9.97. The van der Waals surface area contributed by atoms with Crippen LogP contribution in [0.4, 0.5) is 5.69 Å². The van der Waals surface area contributed by atoms with Gasteiger partial charge in [-0.15, -0.1) is 11.3 Å². The van der Waals surface area contributed by atoms with Crippen molar-refractivity contribution in [2.24, 2.45) is 5.10 Å². The third-order valence-corrected chi connectivity index (χ3v) is 8.47. The fourth-order valence-corrected chi connectivity index (χ4v) is 6.57. The van der Waals surface area contributed by atoms with Gasteiger partial charge in [-0.05, 0) is 68.5 Å². The molecule has 2 aromatic heterocycles. The van der Waals surface area contributed by atoms with Gasteiger partial charge in [0.1, 0.15) is 4.83 Å². The lowest BCUT2D eigenvalue weighted by Gasteiger charge is -2.13. The summed E-state index contributed by atoms with van der Waals surface area (Å²) in [5.74, 6) is -0.370. The fourth-order valence-electron chi connectivity index (χ4n) is 4.46. The molecule has 0 atom stereocenters. The summed E-state index contributed by atoms with van der Waals surface area (Å²) in [6, 6.07) is 14.0. The Morgan fingerprint density at radius 3 is 2.77 bits per heavy atom. The Labute approximate surface area is 232 Å². The van der Waals surface area contributed by atoms with Crippen molar-refractivity contribution in [1.29, 1.82) is 0 Å². The van der Waals surface area contributed by atoms with Crippen molar-refractivity contribution in [3.05, 3.63) is 96.6 Å². The Kier molecular flexibility index (Phi) is 7.99. The Balaban J connectivity index is 1.34. The van der Waals surface area contributed by atoms with E-state index in [4.69, 9.17) is 4.98 Å². The van der Waals surface area contributed by atoms with Gasteiger partial charge in [0, 0.05) is 17.2 Å². The largest absolute Gasteiger partial charge is 0.276 e. The summed E-state index contributed by atoms with van der Waals surface area (Å²) in [6.07, 6.45) is 8.45. The van der Waals surface area contributed by atoms with Crippen LogP contribution < -0.4 is 11.0 Å². The van der Waals surface area contributed by atoms with Crippen LogP contribution in [0.5, 0.6) is 0 Å². The number of aryl methyl sites for hydroxylation is 3. The van der Waals surface area contributed by atoms with Crippen molar-refractivity contribution in [2.45, 2.75) is 37.8 Å². The molecule has 2 aromatic carbocycles. The number of hydrazone groups is 1. The Morgan fingerprint density at radius 2 is 1.97 bits per heavy atom. The van der Waals surface area contributed by atoms with E-state index in [9.17, 15) is 19.7 Å². The Morgan fingerprint density at radius 1 is 1.21 bits per heavy atom. The molecule has 9 nitrogen and oxygen atoms in total. The molecule has 1 aliphatic carbocycles. The molecule has 5 rings (SSSR count). The summed E-state index contributed by atoms with van der Waals surface area (Å²) in [5, 5.41) is 16.2. The maximum atomic E-state index is 13.8. The number of para-hydroxylation sites is 1. The van der Waals surface area contributed by atoms with Crippen LogP contribution in [0.1, 0.15) is 34.4 Å². The topological polar surface area (TPSA) is 119 Å². The number of rotatable bonds is 8. The van der Waals surface area contributed by atoms with Gasteiger partial charge in [-0.2, -0.15) is 5.10 Å². The van der Waals surface area contributed by atoms with Gasteiger partial charge in [-0.1, -0.05) is 41.6 Å². The molecule has 1 amide bonds. The molecule has 1 aliphatic rings. The highest BCUT2D eigenvalue weighted by molar-refractivity contribution is 7.99. The third-order valence-electron chi connectivity index (χ3n) is 6.34. The average Bonchev–Trinajstić information content (AvgIpc) is 3.31. The molecule has 0 bridgehead atoms. The number of hydrogen-bond acceptors (Lipinski definition) is 8. The average molecular weight is 560 g/mol. The van der Waals surface area contributed by atoms with Crippen LogP contribution in [-0.4, -0.2) is 32.3 Å². The summed E-state index contributed by atoms with van der Waals surface area (Å²) >= 11 is 2.75. The summed E-state index contributed by atoms with van der Waals surface area (Å²) in [6.45, 7) is 1.99. The first-order valence-corrected chi connectivity index (χ1v) is 14.2. The second-order valence-electron chi connectivity index (χ2n) is 9.04. The van der Waals surface area contributed by atoms with E-state index in [1.165, 1.54) is 35.0 Å². The highest BCUT2D eigenvalue weighted by Crippen LogP contribution is 2.35. The quantitative estimate of drug-likeness (QED) is 0.101. The number of carbonyl (C=O) groups excluding carboxylic acids is 1. The first-order chi connectivity index (χ1) is 18.9. The molecule has 4 aromatic rings. The van der Waals surface area contributed by atoms with Crippen molar-refractivity contribution < 1.29 is 9.72 Å². The zero-order valence-corrected chi connectivity index (χ0v) is 22.8. The van der Waals surface area contributed by atoms with Crippen molar-refractivity contribution in [3.63, 3.8) is 0 Å². The number of allylic oxidation sites excluding steroid dienone is 1. The van der Waals surface area contributed by atoms with Crippen LogP contribution >= 0.6 is 23.1 Å². The number of nitro benzene ring substituents is 1. The molecule has 0 unspecified atom stereocenters. The Bertz CT molecular complexity index is 1670. The molecule has 0 aliphatic heterocycles. The van der Waals surface area contributed by atoms with Gasteiger partial charge in [0.25, 0.3) is 17.2 Å². The minimum absolute atomic E-state index is 0.000108. The predicted octanol–water partition coefficient (Wildman–Crippen LogP) is 5.45. The van der Waals surface area contributed by atoms with Gasteiger partial charge in [-0.25, -0.2) is 10.4 Å². The number of carbonyl (C=O) groups is 1. The molecule has 0 fully saturated rings. The molecular formula is C28H25N5O4S2. The number of amides is 1. The first kappa shape index (κ1) is 26.5. The van der Waals surface area contributed by atoms with E-state index < -0.39 is 4.92 Å². The van der Waals surface area contributed by atoms with Crippen LogP contribution in [0.15, 0.2) is 69.7 Å². The number of nitrogens with zero attached hydrogens (tertiary/aromatic N) is 4. The molecule has 0 saturated heterocycles. The molecule has 198 valence electrons. The second-order valence-corrected chi connectivity index (χ2v) is 11.1. The maximum Gasteiger partial charge on any atom is 0.276 e. The number of aromatic nitrogens is 2. The van der Waals surface area contributed by atoms with Gasteiger partial charge < -0.3 is 0 Å². The lowest BCUT2D eigenvalue weighted by molar-refractivity contribution is -0.385. The normalized spacial score (nSPS) is 13.3. The van der Waals surface area contributed by atoms with Crippen LogP contribution in [-0.2, 0) is 17.6 Å². The van der Waals surface area contributed by atoms with Gasteiger partial charge in [-0.3, -0.25) is 24.3 Å². The van der Waals surface area contributed by atoms with E-state index in [0.29, 0.717) is 21.8 Å². The SMILES string of the molecule is Cc1ccc(-n2c(SCC(=O)N/N=C\C=C/c3ccccc3[N+](=O)[O-])nc3sc4c(c3c2=O)CCCC4)cc1. The summed E-state index contributed by atoms with van der Waals surface area (Å²) in [5.41, 5.74) is 5.66. The van der Waals surface area contributed by atoms with E-state index >= 15 is 0 Å². The van der Waals surface area contributed by atoms with Gasteiger partial charge in [0.05, 0.1) is 27.3 Å². The third kappa shape index (κ3) is 5.84. The van der Waals surface area contributed by atoms with Crippen LogP contribution in [0, 0.1) is 17.0 Å². The lowest BCUT2D eigenvalue weighted by Crippen LogP contribution is -2.24. The summed E-state index contributed by atoms with van der Waals surface area (Å²) in [4.78, 5) is 43.8. The maximum absolute atomic E-state index is 13.8. The number of benzene rings is 2. The second kappa shape index (κ2) is 11.7. The van der Waals surface area contributed by atoms with E-state index in [1.54, 1.807) is 40.2 Å². The van der Waals surface area contributed by atoms with Crippen LogP contribution in [0.3, 0.4) is 0 Å². The zero-order chi connectivity index (χ0) is 27.4. The number of hydrogen-bond donors (Lipinski definition) is 1. The molecule has 2 heterocycles. The van der Waals surface area contributed by atoms with Crippen molar-refractivity contribution >= 4 is 57.2 Å². The summed E-state index contributed by atoms with van der Waals surface area (Å²) in [7, 11) is 0. The standard InChI is InChI=1S/C28H25N5O4S2/c1-18-12-14-20(15-13-18)32-27(35)25-21-9-3-5-11-23(21)39-26(25)30-28(32)38-17-24(34)31-29-16-6-8-19-7-2-4-10-22(19)33(36)37/h2,4,6-8,10,12-16H,3,5,9,11,17H2,1H3,(H,31,34)/b8-6-,29-16-. The highest BCUT2D eigenvalue weighted by atomic mass is 32.2. The predicted molar refractivity (Wildman–Crippen MR) is 156 cm³/mol. The Hall–Kier alpha value is -4.09. The van der Waals surface area contributed by atoms with E-state index in [0.717, 1.165) is 41.6 Å². The first-order valence-electron chi connectivity index (χ1n) is 12.4. The van der Waals surface area contributed by atoms with E-state index in [1.807, 2.05) is 31.2 Å². The summed E-state index contributed by atoms with van der Waals surface area (Å²) < 4.78 is 1.60. The van der Waals surface area contributed by atoms with Gasteiger partial charge in [0.2, 0.25) is 0 Å². The molecule has 0 saturated carbocycles. The van der Waals surface area contributed by atoms with Crippen LogP contribution in [0.2, 0.25) is 0 Å². The molecule has 0 spiro atoms. The molecule has 39 heavy (non-hydrogen) atoms. The van der Waals surface area contributed by atoms with Gasteiger partial charge in [0.15, 0.2) is 5.16 Å².